The summed E-state index contributed by atoms with van der Waals surface area (Å²) in [6.07, 6.45) is 2.49. The smallest absolute Gasteiger partial charge is 0.326 e. The van der Waals surface area contributed by atoms with E-state index in [2.05, 4.69) is 32.1 Å². The van der Waals surface area contributed by atoms with Gasteiger partial charge in [-0.15, -0.1) is 11.3 Å². The Balaban J connectivity index is 1.46. The topological polar surface area (TPSA) is 191 Å². The maximum Gasteiger partial charge on any atom is 0.326 e. The summed E-state index contributed by atoms with van der Waals surface area (Å²) in [4.78, 5) is 56.6. The molecule has 3 aromatic rings. The third kappa shape index (κ3) is 6.69. The molecule has 0 saturated carbocycles. The average Bonchev–Trinajstić information content (AvgIpc) is 3.40. The molecule has 11 nitrogen and oxygen atoms in total. The van der Waals surface area contributed by atoms with E-state index in [-0.39, 0.29) is 24.3 Å². The molecule has 3 aromatic heterocycles. The molecule has 0 aliphatic heterocycles. The molecule has 12 heteroatoms. The second-order valence-electron chi connectivity index (χ2n) is 7.48. The largest absolute Gasteiger partial charge is 0.481 e. The van der Waals surface area contributed by atoms with Crippen molar-refractivity contribution in [1.29, 1.82) is 0 Å². The minimum absolute atomic E-state index is 0.0651. The summed E-state index contributed by atoms with van der Waals surface area (Å²) in [7, 11) is 0. The van der Waals surface area contributed by atoms with E-state index in [1.165, 1.54) is 0 Å². The summed E-state index contributed by atoms with van der Waals surface area (Å²) in [5.74, 6) is 3.11. The number of carbonyl (C=O) groups is 3. The Morgan fingerprint density at radius 2 is 2.00 bits per heavy atom. The van der Waals surface area contributed by atoms with Crippen LogP contribution in [-0.2, 0) is 16.0 Å². The fourth-order valence-corrected chi connectivity index (χ4v) is 3.97. The summed E-state index contributed by atoms with van der Waals surface area (Å²) in [5.41, 5.74) is 6.62. The van der Waals surface area contributed by atoms with E-state index in [0.717, 1.165) is 36.3 Å². The number of carbonyl (C=O) groups excluding carboxylic acids is 1. The first-order valence-corrected chi connectivity index (χ1v) is 11.3. The number of aliphatic carboxylic acids is 2. The van der Waals surface area contributed by atoms with Crippen LogP contribution in [0, 0.1) is 11.8 Å². The molecule has 7 N–H and O–H groups in total. The molecule has 0 radical (unpaired) electrons. The lowest BCUT2D eigenvalue weighted by molar-refractivity contribution is -0.140. The average molecular weight is 486 g/mol. The number of hydrogen-bond donors (Lipinski definition) is 6. The SMILES string of the molecule is Nc1nc2[nH]c(CCCCC#Cc3ccc(C(=O)N[C@@H](CCC(=O)O)C(=O)O)s3)cc2c(=O)[nH]1. The highest BCUT2D eigenvalue weighted by atomic mass is 32.1. The van der Waals surface area contributed by atoms with Gasteiger partial charge in [-0.1, -0.05) is 11.8 Å². The molecule has 0 aliphatic rings. The molecule has 1 amide bonds. The van der Waals surface area contributed by atoms with Crippen LogP contribution in [-0.4, -0.2) is 49.1 Å². The van der Waals surface area contributed by atoms with Gasteiger partial charge >= 0.3 is 11.9 Å². The van der Waals surface area contributed by atoms with Gasteiger partial charge in [0.2, 0.25) is 5.95 Å². The third-order valence-electron chi connectivity index (χ3n) is 4.86. The van der Waals surface area contributed by atoms with E-state index in [0.29, 0.717) is 27.2 Å². The molecular weight excluding hydrogens is 462 g/mol. The van der Waals surface area contributed by atoms with Crippen molar-refractivity contribution >= 4 is 46.2 Å². The molecule has 3 rings (SSSR count). The maximum absolute atomic E-state index is 12.3. The Morgan fingerprint density at radius 1 is 1.21 bits per heavy atom. The van der Waals surface area contributed by atoms with Crippen LogP contribution in [0.1, 0.15) is 52.3 Å². The van der Waals surface area contributed by atoms with Crippen molar-refractivity contribution in [2.45, 2.75) is 44.6 Å². The number of fused-ring (bicyclic) bond motifs is 1. The normalized spacial score (nSPS) is 11.5. The Kier molecular flexibility index (Phi) is 8.05. The van der Waals surface area contributed by atoms with Gasteiger partial charge in [-0.3, -0.25) is 19.4 Å². The third-order valence-corrected chi connectivity index (χ3v) is 5.86. The standard InChI is InChI=1S/C22H23N5O6S/c23-22-26-18-14(19(30)27-22)11-12(24-18)5-3-1-2-4-6-13-7-9-16(34-13)20(31)25-15(21(32)33)8-10-17(28)29/h7,9,11,15H,1-3,5,8,10H2,(H,25,31)(H,28,29)(H,32,33)(H4,23,24,26,27,30)/t15-/m0/s1. The Morgan fingerprint density at radius 3 is 2.74 bits per heavy atom. The minimum Gasteiger partial charge on any atom is -0.481 e. The number of nitrogen functional groups attached to an aromatic ring is 1. The van der Waals surface area contributed by atoms with Gasteiger partial charge in [0.15, 0.2) is 0 Å². The van der Waals surface area contributed by atoms with E-state index >= 15 is 0 Å². The van der Waals surface area contributed by atoms with Gasteiger partial charge in [-0.25, -0.2) is 4.79 Å². The second kappa shape index (κ2) is 11.2. The fraction of sp³-hybridized carbons (Fsp3) is 0.318. The minimum atomic E-state index is -1.29. The molecule has 0 spiro atoms. The van der Waals surface area contributed by atoms with Crippen LogP contribution in [0.25, 0.3) is 11.0 Å². The van der Waals surface area contributed by atoms with Gasteiger partial charge in [0, 0.05) is 18.5 Å². The van der Waals surface area contributed by atoms with Crippen LogP contribution in [0.5, 0.6) is 0 Å². The van der Waals surface area contributed by atoms with Crippen LogP contribution in [0.2, 0.25) is 0 Å². The number of nitrogens with zero attached hydrogens (tertiary/aromatic N) is 1. The van der Waals surface area contributed by atoms with E-state index in [1.807, 2.05) is 0 Å². The number of amides is 1. The molecule has 1 atom stereocenters. The van der Waals surface area contributed by atoms with Crippen molar-refractivity contribution < 1.29 is 24.6 Å². The molecule has 0 bridgehead atoms. The van der Waals surface area contributed by atoms with Crippen molar-refractivity contribution in [3.8, 4) is 11.8 Å². The number of nitrogens with two attached hydrogens (primary N) is 1. The molecule has 34 heavy (non-hydrogen) atoms. The van der Waals surface area contributed by atoms with Crippen molar-refractivity contribution in [1.82, 2.24) is 20.3 Å². The lowest BCUT2D eigenvalue weighted by Crippen LogP contribution is -2.40. The maximum atomic E-state index is 12.3. The van der Waals surface area contributed by atoms with Gasteiger partial charge in [0.05, 0.1) is 15.1 Å². The summed E-state index contributed by atoms with van der Waals surface area (Å²) in [6.45, 7) is 0. The highest BCUT2D eigenvalue weighted by Gasteiger charge is 2.22. The summed E-state index contributed by atoms with van der Waals surface area (Å²) in [6, 6.07) is 3.73. The number of thiophene rings is 1. The van der Waals surface area contributed by atoms with E-state index in [4.69, 9.17) is 15.9 Å². The van der Waals surface area contributed by atoms with Crippen molar-refractivity contribution in [3.63, 3.8) is 0 Å². The molecular formula is C22H23N5O6S. The Hall–Kier alpha value is -4.11. The molecule has 0 saturated heterocycles. The zero-order chi connectivity index (χ0) is 24.7. The Bertz CT molecular complexity index is 1330. The first-order chi connectivity index (χ1) is 16.2. The fourth-order valence-electron chi connectivity index (χ4n) is 3.19. The lowest BCUT2D eigenvalue weighted by atomic mass is 10.1. The highest BCUT2D eigenvalue weighted by molar-refractivity contribution is 7.14. The predicted octanol–water partition coefficient (Wildman–Crippen LogP) is 1.71. The number of rotatable bonds is 10. The molecule has 0 unspecified atom stereocenters. The number of H-pyrrole nitrogens is 2. The van der Waals surface area contributed by atoms with Crippen molar-refractivity contribution in [3.05, 3.63) is 44.0 Å². The number of aromatic nitrogens is 3. The second-order valence-corrected chi connectivity index (χ2v) is 8.56. The van der Waals surface area contributed by atoms with Gasteiger partial charge in [-0.05, 0) is 43.9 Å². The summed E-state index contributed by atoms with van der Waals surface area (Å²) in [5, 5.41) is 20.7. The van der Waals surface area contributed by atoms with Crippen LogP contribution < -0.4 is 16.6 Å². The molecule has 0 fully saturated rings. The van der Waals surface area contributed by atoms with Crippen LogP contribution in [0.15, 0.2) is 23.0 Å². The monoisotopic (exact) mass is 485 g/mol. The number of hydrogen-bond acceptors (Lipinski definition) is 7. The van der Waals surface area contributed by atoms with Crippen molar-refractivity contribution in [2.75, 3.05) is 5.73 Å². The first kappa shape index (κ1) is 24.5. The number of unbranched alkanes of at least 4 members (excludes halogenated alkanes) is 2. The lowest BCUT2D eigenvalue weighted by Gasteiger charge is -2.12. The van der Waals surface area contributed by atoms with Gasteiger partial charge in [-0.2, -0.15) is 4.98 Å². The first-order valence-electron chi connectivity index (χ1n) is 10.4. The highest BCUT2D eigenvalue weighted by Crippen LogP contribution is 2.16. The molecule has 178 valence electrons. The molecule has 3 heterocycles. The van der Waals surface area contributed by atoms with Gasteiger partial charge in [0.25, 0.3) is 11.5 Å². The van der Waals surface area contributed by atoms with Crippen LogP contribution in [0.3, 0.4) is 0 Å². The Labute approximate surface area is 197 Å². The number of carboxylic acids is 2. The van der Waals surface area contributed by atoms with Gasteiger partial charge in [0.1, 0.15) is 11.7 Å². The van der Waals surface area contributed by atoms with E-state index in [9.17, 15) is 19.2 Å². The van der Waals surface area contributed by atoms with Crippen molar-refractivity contribution in [2.24, 2.45) is 0 Å². The molecule has 0 aliphatic carbocycles. The summed E-state index contributed by atoms with van der Waals surface area (Å²) >= 11 is 1.13. The van der Waals surface area contributed by atoms with Crippen LogP contribution >= 0.6 is 11.3 Å². The number of carboxylic acid groups (broad SMARTS) is 2. The zero-order valence-electron chi connectivity index (χ0n) is 18.0. The van der Waals surface area contributed by atoms with Crippen LogP contribution in [0.4, 0.5) is 5.95 Å². The van der Waals surface area contributed by atoms with E-state index in [1.54, 1.807) is 18.2 Å². The number of nitrogens with one attached hydrogen (secondary N) is 3. The number of anilines is 1. The number of aromatic amines is 2. The van der Waals surface area contributed by atoms with E-state index < -0.39 is 23.9 Å². The zero-order valence-corrected chi connectivity index (χ0v) is 18.8. The summed E-state index contributed by atoms with van der Waals surface area (Å²) < 4.78 is 0. The predicted molar refractivity (Wildman–Crippen MR) is 126 cm³/mol. The molecule has 0 aromatic carbocycles. The van der Waals surface area contributed by atoms with Gasteiger partial charge < -0.3 is 26.2 Å². The quantitative estimate of drug-likeness (QED) is 0.185. The number of aryl methyl sites for hydroxylation is 1.